The summed E-state index contributed by atoms with van der Waals surface area (Å²) in [7, 11) is 0. The summed E-state index contributed by atoms with van der Waals surface area (Å²) in [5.41, 5.74) is -2.09. The Bertz CT molecular complexity index is 770. The fourth-order valence-electron chi connectivity index (χ4n) is 2.02. The number of carbonyl (C=O) groups is 2. The third-order valence-electron chi connectivity index (χ3n) is 2.97. The number of halogens is 3. The maximum absolute atomic E-state index is 13.2. The van der Waals surface area contributed by atoms with Crippen molar-refractivity contribution in [2.45, 2.75) is 32.5 Å². The highest BCUT2D eigenvalue weighted by Crippen LogP contribution is 2.36. The minimum atomic E-state index is -4.67. The Labute approximate surface area is 141 Å². The Balaban J connectivity index is 2.53. The van der Waals surface area contributed by atoms with Crippen LogP contribution in [-0.4, -0.2) is 17.9 Å². The second-order valence-corrected chi connectivity index (χ2v) is 7.20. The van der Waals surface area contributed by atoms with Crippen LogP contribution in [0.3, 0.4) is 0 Å². The molecule has 0 amide bonds. The van der Waals surface area contributed by atoms with Gasteiger partial charge in [0.15, 0.2) is 6.29 Å². The summed E-state index contributed by atoms with van der Waals surface area (Å²) in [5.74, 6) is -1.04. The quantitative estimate of drug-likeness (QED) is 0.561. The third-order valence-corrected chi connectivity index (χ3v) is 4.03. The standard InChI is InChI=1S/C17H15F3O3S/c1-16(2,3)23-15(22)12-8-10(4-6-13(12)17(18,19)20)14-7-5-11(9-21)24-14/h4-9H,1-3H3. The van der Waals surface area contributed by atoms with Crippen molar-refractivity contribution in [1.82, 2.24) is 0 Å². The zero-order valence-corrected chi connectivity index (χ0v) is 14.0. The summed E-state index contributed by atoms with van der Waals surface area (Å²) in [6.07, 6.45) is -4.01. The van der Waals surface area contributed by atoms with E-state index in [4.69, 9.17) is 4.74 Å². The van der Waals surface area contributed by atoms with Crippen molar-refractivity contribution < 1.29 is 27.5 Å². The molecule has 0 N–H and O–H groups in total. The minimum absolute atomic E-state index is 0.418. The van der Waals surface area contributed by atoms with Gasteiger partial charge in [0.05, 0.1) is 16.0 Å². The van der Waals surface area contributed by atoms with Crippen molar-refractivity contribution in [2.75, 3.05) is 0 Å². The van der Waals surface area contributed by atoms with Gasteiger partial charge < -0.3 is 4.74 Å². The molecule has 0 saturated heterocycles. The van der Waals surface area contributed by atoms with Crippen molar-refractivity contribution >= 4 is 23.6 Å². The van der Waals surface area contributed by atoms with E-state index in [0.29, 0.717) is 21.6 Å². The lowest BCUT2D eigenvalue weighted by atomic mass is 10.0. The Kier molecular flexibility index (Phi) is 4.85. The van der Waals surface area contributed by atoms with Gasteiger partial charge in [-0.2, -0.15) is 13.2 Å². The Hall–Kier alpha value is -2.15. The number of rotatable bonds is 3. The molecular formula is C17H15F3O3S. The largest absolute Gasteiger partial charge is 0.456 e. The molecule has 2 aromatic rings. The molecule has 0 radical (unpaired) electrons. The number of esters is 1. The SMILES string of the molecule is CC(C)(C)OC(=O)c1cc(-c2ccc(C=O)s2)ccc1C(F)(F)F. The molecule has 1 heterocycles. The van der Waals surface area contributed by atoms with Crippen molar-refractivity contribution in [3.63, 3.8) is 0 Å². The molecule has 0 spiro atoms. The summed E-state index contributed by atoms with van der Waals surface area (Å²) >= 11 is 1.13. The van der Waals surface area contributed by atoms with Gasteiger partial charge in [0, 0.05) is 4.88 Å². The molecular weight excluding hydrogens is 341 g/mol. The first-order valence-corrected chi connectivity index (χ1v) is 7.83. The van der Waals surface area contributed by atoms with E-state index < -0.39 is 28.9 Å². The summed E-state index contributed by atoms with van der Waals surface area (Å²) in [6.45, 7) is 4.74. The number of ether oxygens (including phenoxy) is 1. The average molecular weight is 356 g/mol. The van der Waals surface area contributed by atoms with Crippen LogP contribution in [0, 0.1) is 0 Å². The number of carbonyl (C=O) groups excluding carboxylic acids is 2. The normalized spacial score (nSPS) is 12.1. The van der Waals surface area contributed by atoms with E-state index in [-0.39, 0.29) is 0 Å². The highest BCUT2D eigenvalue weighted by atomic mass is 32.1. The van der Waals surface area contributed by atoms with Gasteiger partial charge in [-0.25, -0.2) is 4.79 Å². The fraction of sp³-hybridized carbons (Fsp3) is 0.294. The van der Waals surface area contributed by atoms with Crippen LogP contribution in [0.15, 0.2) is 30.3 Å². The van der Waals surface area contributed by atoms with Crippen LogP contribution in [0.5, 0.6) is 0 Å². The molecule has 0 fully saturated rings. The van der Waals surface area contributed by atoms with Crippen LogP contribution in [0.2, 0.25) is 0 Å². The van der Waals surface area contributed by atoms with E-state index in [2.05, 4.69) is 0 Å². The van der Waals surface area contributed by atoms with E-state index in [1.54, 1.807) is 32.9 Å². The summed E-state index contributed by atoms with van der Waals surface area (Å²) in [4.78, 5) is 24.0. The predicted octanol–water partition coefficient (Wildman–Crippen LogP) is 5.20. The van der Waals surface area contributed by atoms with Crippen LogP contribution in [0.25, 0.3) is 10.4 Å². The highest BCUT2D eigenvalue weighted by molar-refractivity contribution is 7.17. The van der Waals surface area contributed by atoms with E-state index in [1.807, 2.05) is 0 Å². The lowest BCUT2D eigenvalue weighted by molar-refractivity contribution is -0.138. The van der Waals surface area contributed by atoms with Gasteiger partial charge >= 0.3 is 12.1 Å². The summed E-state index contributed by atoms with van der Waals surface area (Å²) in [6, 6.07) is 6.47. The van der Waals surface area contributed by atoms with E-state index >= 15 is 0 Å². The first kappa shape index (κ1) is 18.2. The first-order valence-electron chi connectivity index (χ1n) is 7.01. The molecule has 24 heavy (non-hydrogen) atoms. The second kappa shape index (κ2) is 6.39. The van der Waals surface area contributed by atoms with Crippen LogP contribution >= 0.6 is 11.3 Å². The average Bonchev–Trinajstić information content (AvgIpc) is 2.92. The molecule has 1 aromatic heterocycles. The number of aldehydes is 1. The molecule has 0 aliphatic carbocycles. The molecule has 0 saturated carbocycles. The van der Waals surface area contributed by atoms with Gasteiger partial charge in [0.1, 0.15) is 5.60 Å². The lowest BCUT2D eigenvalue weighted by Gasteiger charge is -2.21. The van der Waals surface area contributed by atoms with Crippen LogP contribution < -0.4 is 0 Å². The van der Waals surface area contributed by atoms with Crippen molar-refractivity contribution in [3.05, 3.63) is 46.3 Å². The van der Waals surface area contributed by atoms with Crippen LogP contribution in [0.1, 0.15) is 46.4 Å². The van der Waals surface area contributed by atoms with Gasteiger partial charge in [0.2, 0.25) is 0 Å². The Morgan fingerprint density at radius 3 is 2.29 bits per heavy atom. The zero-order chi connectivity index (χ0) is 18.1. The van der Waals surface area contributed by atoms with Crippen molar-refractivity contribution in [2.24, 2.45) is 0 Å². The smallest absolute Gasteiger partial charge is 0.417 e. The van der Waals surface area contributed by atoms with Crippen molar-refractivity contribution in [1.29, 1.82) is 0 Å². The number of benzene rings is 1. The molecule has 0 aliphatic heterocycles. The van der Waals surface area contributed by atoms with Crippen molar-refractivity contribution in [3.8, 4) is 10.4 Å². The molecule has 1 aromatic carbocycles. The van der Waals surface area contributed by atoms with Gasteiger partial charge in [-0.3, -0.25) is 4.79 Å². The van der Waals surface area contributed by atoms with E-state index in [0.717, 1.165) is 23.5 Å². The third kappa shape index (κ3) is 4.23. The topological polar surface area (TPSA) is 43.4 Å². The molecule has 0 aliphatic rings. The number of thiophene rings is 1. The number of alkyl halides is 3. The van der Waals surface area contributed by atoms with Crippen LogP contribution in [-0.2, 0) is 10.9 Å². The maximum Gasteiger partial charge on any atom is 0.417 e. The molecule has 128 valence electrons. The fourth-order valence-corrected chi connectivity index (χ4v) is 2.84. The minimum Gasteiger partial charge on any atom is -0.456 e. The summed E-state index contributed by atoms with van der Waals surface area (Å²) < 4.78 is 44.6. The molecule has 7 heteroatoms. The molecule has 2 rings (SSSR count). The molecule has 0 unspecified atom stereocenters. The lowest BCUT2D eigenvalue weighted by Crippen LogP contribution is -2.25. The van der Waals surface area contributed by atoms with E-state index in [9.17, 15) is 22.8 Å². The van der Waals surface area contributed by atoms with E-state index in [1.165, 1.54) is 6.07 Å². The van der Waals surface area contributed by atoms with Gasteiger partial charge in [0.25, 0.3) is 0 Å². The van der Waals surface area contributed by atoms with Crippen LogP contribution in [0.4, 0.5) is 13.2 Å². The summed E-state index contributed by atoms with van der Waals surface area (Å²) in [5, 5.41) is 0. The highest BCUT2D eigenvalue weighted by Gasteiger charge is 2.36. The zero-order valence-electron chi connectivity index (χ0n) is 13.2. The second-order valence-electron chi connectivity index (χ2n) is 6.08. The Morgan fingerprint density at radius 1 is 1.12 bits per heavy atom. The number of hydrogen-bond acceptors (Lipinski definition) is 4. The first-order chi connectivity index (χ1) is 11.0. The molecule has 0 bridgehead atoms. The number of hydrogen-bond donors (Lipinski definition) is 0. The maximum atomic E-state index is 13.2. The molecule has 0 atom stereocenters. The van der Waals surface area contributed by atoms with Gasteiger partial charge in [-0.15, -0.1) is 11.3 Å². The monoisotopic (exact) mass is 356 g/mol. The van der Waals surface area contributed by atoms with Gasteiger partial charge in [-0.05, 0) is 50.6 Å². The predicted molar refractivity (Wildman–Crippen MR) is 85.3 cm³/mol. The Morgan fingerprint density at radius 2 is 1.79 bits per heavy atom. The molecule has 3 nitrogen and oxygen atoms in total. The van der Waals surface area contributed by atoms with Gasteiger partial charge in [-0.1, -0.05) is 6.07 Å².